The summed E-state index contributed by atoms with van der Waals surface area (Å²) < 4.78 is 0. The first kappa shape index (κ1) is 25.6. The van der Waals surface area contributed by atoms with Gasteiger partial charge in [0.2, 0.25) is 11.9 Å². The molecule has 3 atom stereocenters. The van der Waals surface area contributed by atoms with Crippen molar-refractivity contribution in [2.45, 2.75) is 51.4 Å². The molecule has 0 saturated carbocycles. The predicted octanol–water partition coefficient (Wildman–Crippen LogP) is 4.20. The van der Waals surface area contributed by atoms with Gasteiger partial charge >= 0.3 is 0 Å². The Morgan fingerprint density at radius 1 is 1.22 bits per heavy atom. The predicted molar refractivity (Wildman–Crippen MR) is 140 cm³/mol. The highest BCUT2D eigenvalue weighted by molar-refractivity contribution is 6.33. The minimum Gasteiger partial charge on any atom is -0.391 e. The van der Waals surface area contributed by atoms with E-state index in [0.717, 1.165) is 17.5 Å². The molecule has 188 valence electrons. The summed E-state index contributed by atoms with van der Waals surface area (Å²) in [6.45, 7) is 4.00. The third-order valence-electron chi connectivity index (χ3n) is 6.46. The van der Waals surface area contributed by atoms with E-state index in [1.165, 1.54) is 6.20 Å². The van der Waals surface area contributed by atoms with E-state index in [1.54, 1.807) is 24.9 Å². The molecule has 3 aromatic rings. The maximum Gasteiger partial charge on any atom is 0.255 e. The van der Waals surface area contributed by atoms with Gasteiger partial charge in [-0.25, -0.2) is 9.97 Å². The van der Waals surface area contributed by atoms with Crippen molar-refractivity contribution >= 4 is 29.4 Å². The van der Waals surface area contributed by atoms with Gasteiger partial charge in [-0.15, -0.1) is 0 Å². The van der Waals surface area contributed by atoms with Crippen molar-refractivity contribution in [3.05, 3.63) is 76.4 Å². The molecule has 8 nitrogen and oxygen atoms in total. The third-order valence-corrected chi connectivity index (χ3v) is 6.73. The van der Waals surface area contributed by atoms with Crippen LogP contribution in [0, 0.1) is 0 Å². The monoisotopic (exact) mass is 507 g/mol. The van der Waals surface area contributed by atoms with Gasteiger partial charge in [-0.1, -0.05) is 67.4 Å². The Balaban J connectivity index is 1.54. The van der Waals surface area contributed by atoms with E-state index < -0.39 is 18.2 Å². The molecule has 36 heavy (non-hydrogen) atoms. The van der Waals surface area contributed by atoms with E-state index in [2.05, 4.69) is 20.6 Å². The van der Waals surface area contributed by atoms with Crippen molar-refractivity contribution < 1.29 is 14.7 Å². The smallest absolute Gasteiger partial charge is 0.255 e. The lowest BCUT2D eigenvalue weighted by atomic mass is 9.98. The zero-order valence-corrected chi connectivity index (χ0v) is 21.3. The fraction of sp³-hybridized carbons (Fsp3) is 0.333. The Morgan fingerprint density at radius 2 is 1.97 bits per heavy atom. The van der Waals surface area contributed by atoms with Gasteiger partial charge in [-0.2, -0.15) is 0 Å². The summed E-state index contributed by atoms with van der Waals surface area (Å²) >= 11 is 6.32. The van der Waals surface area contributed by atoms with E-state index in [0.29, 0.717) is 40.8 Å². The summed E-state index contributed by atoms with van der Waals surface area (Å²) in [6, 6.07) is 13.6. The molecule has 0 bridgehead atoms. The molecule has 0 fully saturated rings. The van der Waals surface area contributed by atoms with Crippen molar-refractivity contribution in [2.24, 2.45) is 0 Å². The van der Waals surface area contributed by atoms with E-state index in [4.69, 9.17) is 11.6 Å². The lowest BCUT2D eigenvalue weighted by molar-refractivity contribution is -0.127. The van der Waals surface area contributed by atoms with Gasteiger partial charge < -0.3 is 20.6 Å². The lowest BCUT2D eigenvalue weighted by Gasteiger charge is -2.29. The van der Waals surface area contributed by atoms with E-state index in [1.807, 2.05) is 49.4 Å². The number of halogens is 1. The van der Waals surface area contributed by atoms with Crippen LogP contribution in [0.15, 0.2) is 54.7 Å². The summed E-state index contributed by atoms with van der Waals surface area (Å²) in [4.78, 5) is 36.7. The molecule has 0 unspecified atom stereocenters. The Labute approximate surface area is 215 Å². The highest BCUT2D eigenvalue weighted by Crippen LogP contribution is 2.32. The quantitative estimate of drug-likeness (QED) is 0.400. The summed E-state index contributed by atoms with van der Waals surface area (Å²) in [5, 5.41) is 17.0. The molecule has 1 aliphatic heterocycles. The molecule has 1 aliphatic rings. The third kappa shape index (κ3) is 5.20. The highest BCUT2D eigenvalue weighted by atomic mass is 35.5. The Hall–Kier alpha value is -3.49. The van der Waals surface area contributed by atoms with Crippen molar-refractivity contribution in [1.29, 1.82) is 0 Å². The molecular formula is C27H30ClN5O3. The first-order chi connectivity index (χ1) is 17.3. The molecule has 4 rings (SSSR count). The standard InChI is InChI=1S/C27H30ClN5O3/c1-4-8-22(34)24(17-9-6-5-7-10-17)31-25(35)16(2)33-15-19-12-11-18(13-20(19)26(33)36)23-21(28)14-30-27(29-3)32-23/h5-7,9-14,16,22,24,34H,4,8,15H2,1-3H3,(H,31,35)(H,29,30,32)/t16-,22+,24+/m1/s1. The first-order valence-electron chi connectivity index (χ1n) is 12.0. The second kappa shape index (κ2) is 11.1. The van der Waals surface area contributed by atoms with E-state index in [-0.39, 0.29) is 11.8 Å². The van der Waals surface area contributed by atoms with Crippen molar-refractivity contribution in [3.63, 3.8) is 0 Å². The van der Waals surface area contributed by atoms with E-state index >= 15 is 0 Å². The van der Waals surface area contributed by atoms with Crippen molar-refractivity contribution in [2.75, 3.05) is 12.4 Å². The number of amides is 2. The molecule has 2 amide bonds. The number of fused-ring (bicyclic) bond motifs is 1. The van der Waals surface area contributed by atoms with Gasteiger partial charge in [0.05, 0.1) is 29.1 Å². The fourth-order valence-electron chi connectivity index (χ4n) is 4.41. The summed E-state index contributed by atoms with van der Waals surface area (Å²) in [5.74, 6) is -0.136. The van der Waals surface area contributed by atoms with Crippen molar-refractivity contribution in [1.82, 2.24) is 20.2 Å². The average Bonchev–Trinajstić information content (AvgIpc) is 3.23. The van der Waals surface area contributed by atoms with Gasteiger partial charge in [0.1, 0.15) is 6.04 Å². The van der Waals surface area contributed by atoms with Crippen molar-refractivity contribution in [3.8, 4) is 11.3 Å². The van der Waals surface area contributed by atoms with Crippen LogP contribution in [0.2, 0.25) is 5.02 Å². The number of benzene rings is 2. The normalized spacial score (nSPS) is 15.2. The van der Waals surface area contributed by atoms with Crippen LogP contribution in [0.4, 0.5) is 5.95 Å². The molecule has 9 heteroatoms. The largest absolute Gasteiger partial charge is 0.391 e. The van der Waals surface area contributed by atoms with Crippen LogP contribution < -0.4 is 10.6 Å². The summed E-state index contributed by atoms with van der Waals surface area (Å²) in [5.41, 5.74) is 3.37. The molecule has 0 spiro atoms. The minimum atomic E-state index is -0.734. The number of aliphatic hydroxyl groups is 1. The molecule has 0 aliphatic carbocycles. The number of carbonyl (C=O) groups is 2. The summed E-state index contributed by atoms with van der Waals surface area (Å²) in [6.07, 6.45) is 2.11. The maximum atomic E-state index is 13.3. The minimum absolute atomic E-state index is 0.237. The number of aromatic nitrogens is 2. The van der Waals surface area contributed by atoms with Crippen LogP contribution in [0.1, 0.15) is 54.2 Å². The van der Waals surface area contributed by atoms with Crippen LogP contribution in [-0.2, 0) is 11.3 Å². The Morgan fingerprint density at radius 3 is 2.67 bits per heavy atom. The number of hydrogen-bond acceptors (Lipinski definition) is 6. The molecule has 2 aromatic carbocycles. The number of aliphatic hydroxyl groups excluding tert-OH is 1. The van der Waals surface area contributed by atoms with Gasteiger partial charge in [0.25, 0.3) is 5.91 Å². The van der Waals surface area contributed by atoms with Crippen LogP contribution in [-0.4, -0.2) is 51.0 Å². The van der Waals surface area contributed by atoms with Crippen LogP contribution in [0.25, 0.3) is 11.3 Å². The van der Waals surface area contributed by atoms with Crippen LogP contribution >= 0.6 is 11.6 Å². The Bertz CT molecular complexity index is 1250. The van der Waals surface area contributed by atoms with Gasteiger partial charge in [-0.3, -0.25) is 9.59 Å². The number of anilines is 1. The lowest BCUT2D eigenvalue weighted by Crippen LogP contribution is -2.48. The molecule has 1 aromatic heterocycles. The first-order valence-corrected chi connectivity index (χ1v) is 12.4. The number of nitrogens with zero attached hydrogens (tertiary/aromatic N) is 3. The molecule has 0 radical (unpaired) electrons. The SMILES string of the molecule is CCC[C@H](O)[C@@H](NC(=O)[C@@H](C)N1Cc2ccc(-c3nc(NC)ncc3Cl)cc2C1=O)c1ccccc1. The molecular weight excluding hydrogens is 478 g/mol. The van der Waals surface area contributed by atoms with E-state index in [9.17, 15) is 14.7 Å². The zero-order chi connectivity index (χ0) is 25.8. The van der Waals surface area contributed by atoms with Gasteiger partial charge in [-0.05, 0) is 30.5 Å². The second-order valence-electron chi connectivity index (χ2n) is 8.87. The average molecular weight is 508 g/mol. The topological polar surface area (TPSA) is 107 Å². The number of carbonyl (C=O) groups excluding carboxylic acids is 2. The zero-order valence-electron chi connectivity index (χ0n) is 20.5. The molecule has 2 heterocycles. The number of hydrogen-bond donors (Lipinski definition) is 3. The molecule has 3 N–H and O–H groups in total. The Kier molecular flexibility index (Phi) is 7.86. The second-order valence-corrected chi connectivity index (χ2v) is 9.28. The number of nitrogens with one attached hydrogen (secondary N) is 2. The fourth-order valence-corrected chi connectivity index (χ4v) is 4.61. The van der Waals surface area contributed by atoms with Crippen LogP contribution in [0.5, 0.6) is 0 Å². The van der Waals surface area contributed by atoms with Crippen LogP contribution in [0.3, 0.4) is 0 Å². The maximum absolute atomic E-state index is 13.3. The number of rotatable bonds is 9. The summed E-state index contributed by atoms with van der Waals surface area (Å²) in [7, 11) is 1.72. The molecule has 0 saturated heterocycles. The van der Waals surface area contributed by atoms with Gasteiger partial charge in [0.15, 0.2) is 0 Å². The van der Waals surface area contributed by atoms with Gasteiger partial charge in [0, 0.05) is 24.7 Å². The highest BCUT2D eigenvalue weighted by Gasteiger charge is 2.35.